The maximum Gasteiger partial charge on any atom is 0.0817 e. The molecule has 2 unspecified atom stereocenters. The zero-order chi connectivity index (χ0) is 41.6. The fourth-order valence-corrected chi connectivity index (χ4v) is 11.2. The predicted octanol–water partition coefficient (Wildman–Crippen LogP) is 14.2. The number of nitrogens with one attached hydrogen (secondary N) is 1. The van der Waals surface area contributed by atoms with Crippen LogP contribution in [-0.4, -0.2) is 0 Å². The van der Waals surface area contributed by atoms with E-state index in [-0.39, 0.29) is 23.0 Å². The van der Waals surface area contributed by atoms with Gasteiger partial charge in [-0.2, -0.15) is 0 Å². The monoisotopic (exact) mass is 794 g/mol. The van der Waals surface area contributed by atoms with Crippen LogP contribution in [0.25, 0.3) is 61.4 Å². The van der Waals surface area contributed by atoms with Crippen molar-refractivity contribution in [2.75, 3.05) is 0 Å². The van der Waals surface area contributed by atoms with Crippen molar-refractivity contribution < 1.29 is 0 Å². The van der Waals surface area contributed by atoms with Crippen molar-refractivity contribution >= 4 is 16.8 Å². The van der Waals surface area contributed by atoms with Gasteiger partial charge in [0.1, 0.15) is 0 Å². The Kier molecular flexibility index (Phi) is 8.28. The molecule has 1 spiro atoms. The molecular weight excluding hydrogens is 749 g/mol. The Balaban J connectivity index is 0.932. The first-order valence-electron chi connectivity index (χ1n) is 21.9. The largest absolute Gasteiger partial charge is 0.312 e. The Hall–Kier alpha value is -7.10. The van der Waals surface area contributed by atoms with E-state index in [1.54, 1.807) is 0 Å². The summed E-state index contributed by atoms with van der Waals surface area (Å²) in [6.45, 7) is 4.73. The average molecular weight is 795 g/mol. The highest BCUT2D eigenvalue weighted by molar-refractivity contribution is 5.99. The zero-order valence-electron chi connectivity index (χ0n) is 34.9. The standard InChI is InChI=1S/C60H46N2/c1-59(2)54-26-14-22-44(57(54)49-35-41-17-6-7-18-42(41)37-55(49)59)39-30-27-38(28-31-39)29-34-56(62-58(61)40-15-4-3-5-16-40)43-32-33-53-48(36-43)47-21-10-13-25-52(47)60(53)50-23-11-8-19-45(50)46-20-9-12-24-51(46)60/h3-37,56,58,62H,61H2,1-2H3/b34-29+. The summed E-state index contributed by atoms with van der Waals surface area (Å²) in [5.74, 6) is 0. The highest BCUT2D eigenvalue weighted by Crippen LogP contribution is 2.63. The summed E-state index contributed by atoms with van der Waals surface area (Å²) in [6.07, 6.45) is 4.16. The second kappa shape index (κ2) is 14.0. The van der Waals surface area contributed by atoms with E-state index in [0.717, 1.165) is 11.1 Å². The number of rotatable bonds is 7. The van der Waals surface area contributed by atoms with E-state index in [4.69, 9.17) is 5.73 Å². The van der Waals surface area contributed by atoms with Crippen LogP contribution in [0.3, 0.4) is 0 Å². The Bertz CT molecular complexity index is 3220. The highest BCUT2D eigenvalue weighted by Gasteiger charge is 2.51. The number of benzene rings is 9. The Morgan fingerprint density at radius 3 is 1.66 bits per heavy atom. The number of hydrogen-bond acceptors (Lipinski definition) is 2. The molecule has 2 heteroatoms. The highest BCUT2D eigenvalue weighted by atomic mass is 15.0. The molecule has 3 aliphatic carbocycles. The molecule has 12 rings (SSSR count). The predicted molar refractivity (Wildman–Crippen MR) is 258 cm³/mol. The summed E-state index contributed by atoms with van der Waals surface area (Å²) in [5, 5.41) is 6.39. The summed E-state index contributed by atoms with van der Waals surface area (Å²) < 4.78 is 0. The Labute approximate surface area is 364 Å². The molecule has 9 aromatic rings. The quantitative estimate of drug-likeness (QED) is 0.158. The van der Waals surface area contributed by atoms with Gasteiger partial charge in [-0.25, -0.2) is 0 Å². The summed E-state index contributed by atoms with van der Waals surface area (Å²) in [7, 11) is 0. The first-order chi connectivity index (χ1) is 30.4. The number of fused-ring (bicyclic) bond motifs is 14. The van der Waals surface area contributed by atoms with Gasteiger partial charge < -0.3 is 5.73 Å². The van der Waals surface area contributed by atoms with E-state index >= 15 is 0 Å². The molecule has 296 valence electrons. The van der Waals surface area contributed by atoms with Crippen LogP contribution >= 0.6 is 0 Å². The third kappa shape index (κ3) is 5.37. The minimum atomic E-state index is -0.372. The van der Waals surface area contributed by atoms with Crippen LogP contribution in [0.2, 0.25) is 0 Å². The summed E-state index contributed by atoms with van der Waals surface area (Å²) in [6, 6.07) is 73.7. The molecule has 0 aromatic heterocycles. The van der Waals surface area contributed by atoms with Gasteiger partial charge in [0.15, 0.2) is 0 Å². The Morgan fingerprint density at radius 2 is 0.984 bits per heavy atom. The fraction of sp³-hybridized carbons (Fsp3) is 0.100. The molecule has 0 saturated heterocycles. The number of nitrogens with two attached hydrogens (primary N) is 1. The van der Waals surface area contributed by atoms with Crippen LogP contribution in [0, 0.1) is 0 Å². The van der Waals surface area contributed by atoms with Crippen molar-refractivity contribution in [3.05, 3.63) is 256 Å². The molecule has 0 aliphatic heterocycles. The van der Waals surface area contributed by atoms with Crippen molar-refractivity contribution in [1.29, 1.82) is 0 Å². The van der Waals surface area contributed by atoms with Gasteiger partial charge in [-0.3, -0.25) is 5.32 Å². The van der Waals surface area contributed by atoms with Gasteiger partial charge >= 0.3 is 0 Å². The molecular formula is C60H46N2. The van der Waals surface area contributed by atoms with E-state index in [1.165, 1.54) is 94.2 Å². The summed E-state index contributed by atoms with van der Waals surface area (Å²) in [4.78, 5) is 0. The lowest BCUT2D eigenvalue weighted by molar-refractivity contribution is 0.509. The van der Waals surface area contributed by atoms with E-state index in [0.29, 0.717) is 0 Å². The Morgan fingerprint density at radius 1 is 0.435 bits per heavy atom. The van der Waals surface area contributed by atoms with Gasteiger partial charge in [0.25, 0.3) is 0 Å². The van der Waals surface area contributed by atoms with Crippen LogP contribution in [0.4, 0.5) is 0 Å². The van der Waals surface area contributed by atoms with E-state index in [1.807, 2.05) is 6.07 Å². The smallest absolute Gasteiger partial charge is 0.0817 e. The summed E-state index contributed by atoms with van der Waals surface area (Å²) in [5.41, 5.74) is 28.4. The van der Waals surface area contributed by atoms with Gasteiger partial charge in [-0.05, 0) is 124 Å². The van der Waals surface area contributed by atoms with Crippen molar-refractivity contribution in [3.63, 3.8) is 0 Å². The molecule has 3 aliphatic rings. The summed E-state index contributed by atoms with van der Waals surface area (Å²) >= 11 is 0. The van der Waals surface area contributed by atoms with Crippen LogP contribution in [0.1, 0.15) is 76.1 Å². The zero-order valence-corrected chi connectivity index (χ0v) is 34.9. The molecule has 0 amide bonds. The van der Waals surface area contributed by atoms with E-state index in [2.05, 4.69) is 225 Å². The average Bonchev–Trinajstić information content (AvgIpc) is 3.88. The first kappa shape index (κ1) is 36.7. The van der Waals surface area contributed by atoms with E-state index in [9.17, 15) is 0 Å². The molecule has 0 bridgehead atoms. The lowest BCUT2D eigenvalue weighted by Crippen LogP contribution is -2.31. The molecule has 0 radical (unpaired) electrons. The van der Waals surface area contributed by atoms with Crippen molar-refractivity contribution in [1.82, 2.24) is 5.32 Å². The lowest BCUT2D eigenvalue weighted by Gasteiger charge is -2.30. The molecule has 3 N–H and O–H groups in total. The molecule has 2 atom stereocenters. The second-order valence-corrected chi connectivity index (χ2v) is 17.8. The molecule has 2 nitrogen and oxygen atoms in total. The normalized spacial score (nSPS) is 15.5. The van der Waals surface area contributed by atoms with Gasteiger partial charge in [0, 0.05) is 5.41 Å². The van der Waals surface area contributed by atoms with Crippen molar-refractivity contribution in [2.24, 2.45) is 5.73 Å². The van der Waals surface area contributed by atoms with Crippen LogP contribution in [0.15, 0.2) is 206 Å². The molecule has 0 saturated carbocycles. The van der Waals surface area contributed by atoms with Gasteiger partial charge in [0.05, 0.1) is 17.6 Å². The molecule has 9 aromatic carbocycles. The minimum Gasteiger partial charge on any atom is -0.312 e. The van der Waals surface area contributed by atoms with Gasteiger partial charge in [-0.15, -0.1) is 0 Å². The molecule has 62 heavy (non-hydrogen) atoms. The number of hydrogen-bond donors (Lipinski definition) is 2. The van der Waals surface area contributed by atoms with Crippen LogP contribution in [0.5, 0.6) is 0 Å². The third-order valence-electron chi connectivity index (χ3n) is 14.2. The fourth-order valence-electron chi connectivity index (χ4n) is 11.2. The third-order valence-corrected chi connectivity index (χ3v) is 14.2. The minimum absolute atomic E-state index is 0.0811. The topological polar surface area (TPSA) is 38.0 Å². The van der Waals surface area contributed by atoms with Gasteiger partial charge in [-0.1, -0.05) is 208 Å². The van der Waals surface area contributed by atoms with Crippen LogP contribution in [-0.2, 0) is 10.8 Å². The SMILES string of the molecule is CC1(C)c2cc3ccccc3cc2-c2c(-c3ccc(/C=C/C(NC(N)c4ccccc4)c4ccc5c(c4)-c4ccccc4C54c5ccccc5-c5ccccc54)cc3)cccc21. The maximum absolute atomic E-state index is 6.96. The molecule has 0 fully saturated rings. The van der Waals surface area contributed by atoms with Gasteiger partial charge in [0.2, 0.25) is 0 Å². The van der Waals surface area contributed by atoms with E-state index < -0.39 is 0 Å². The molecule has 0 heterocycles. The van der Waals surface area contributed by atoms with Crippen molar-refractivity contribution in [2.45, 2.75) is 36.9 Å². The lowest BCUT2D eigenvalue weighted by atomic mass is 9.70. The van der Waals surface area contributed by atoms with Crippen LogP contribution < -0.4 is 11.1 Å². The first-order valence-corrected chi connectivity index (χ1v) is 21.9. The second-order valence-electron chi connectivity index (χ2n) is 17.8. The maximum atomic E-state index is 6.96. The van der Waals surface area contributed by atoms with Crippen molar-refractivity contribution in [3.8, 4) is 44.5 Å².